The number of hydrogen-bond acceptors (Lipinski definition) is 1. The van der Waals surface area contributed by atoms with Gasteiger partial charge in [-0.3, -0.25) is 4.79 Å². The molecule has 20 heavy (non-hydrogen) atoms. The van der Waals surface area contributed by atoms with E-state index in [9.17, 15) is 4.79 Å². The van der Waals surface area contributed by atoms with Crippen LogP contribution in [0.15, 0.2) is 0 Å². The lowest BCUT2D eigenvalue weighted by Gasteiger charge is -2.03. The van der Waals surface area contributed by atoms with E-state index in [0.717, 1.165) is 12.8 Å². The van der Waals surface area contributed by atoms with Crippen LogP contribution in [0.4, 0.5) is 0 Å². The Labute approximate surface area is 131 Å². The van der Waals surface area contributed by atoms with Crippen molar-refractivity contribution >= 4 is 17.9 Å². The van der Waals surface area contributed by atoms with Gasteiger partial charge in [-0.05, 0) is 6.42 Å². The van der Waals surface area contributed by atoms with Crippen LogP contribution in [0.3, 0.4) is 0 Å². The lowest BCUT2D eigenvalue weighted by molar-refractivity contribution is 0.528. The zero-order valence-electron chi connectivity index (χ0n) is 13.5. The fraction of sp³-hybridized carbons (Fsp3) is 0.944. The molecule has 0 saturated heterocycles. The topological polar surface area (TPSA) is 17.1 Å². The molecule has 2 heteroatoms. The molecule has 0 aromatic rings. The highest BCUT2D eigenvalue weighted by atomic mass is 35.5. The molecule has 0 fully saturated rings. The SMILES string of the molecule is CCCCCCCCCCCCCCCCC(Cl)[C]=O. The molecule has 0 heterocycles. The summed E-state index contributed by atoms with van der Waals surface area (Å²) in [5, 5.41) is -0.382. The monoisotopic (exact) mass is 301 g/mol. The second-order valence-electron chi connectivity index (χ2n) is 5.97. The third-order valence-corrected chi connectivity index (χ3v) is 4.25. The maximum absolute atomic E-state index is 10.2. The number of unbranched alkanes of at least 4 members (excludes halogenated alkanes) is 13. The maximum Gasteiger partial charge on any atom is 0.217 e. The molecule has 0 N–H and O–H groups in total. The molecule has 0 aliphatic carbocycles. The Hall–Kier alpha value is -0.0400. The molecule has 0 spiro atoms. The zero-order chi connectivity index (χ0) is 14.9. The molecule has 1 unspecified atom stereocenters. The van der Waals surface area contributed by atoms with Crippen LogP contribution in [0.1, 0.15) is 103 Å². The second-order valence-corrected chi connectivity index (χ2v) is 6.50. The minimum absolute atomic E-state index is 0.382. The van der Waals surface area contributed by atoms with Gasteiger partial charge in [-0.25, -0.2) is 0 Å². The molecule has 0 rings (SSSR count). The molecular formula is C18H34ClO. The number of halogens is 1. The number of alkyl halides is 1. The van der Waals surface area contributed by atoms with Gasteiger partial charge in [-0.1, -0.05) is 96.8 Å². The Bertz CT molecular complexity index is 194. The first-order valence-electron chi connectivity index (χ1n) is 8.83. The maximum atomic E-state index is 10.2. The molecule has 0 aromatic carbocycles. The largest absolute Gasteiger partial charge is 0.289 e. The highest BCUT2D eigenvalue weighted by molar-refractivity contribution is 6.27. The Morgan fingerprint density at radius 1 is 0.700 bits per heavy atom. The quantitative estimate of drug-likeness (QED) is 0.232. The van der Waals surface area contributed by atoms with Gasteiger partial charge in [0.2, 0.25) is 6.29 Å². The Morgan fingerprint density at radius 3 is 1.40 bits per heavy atom. The van der Waals surface area contributed by atoms with Crippen molar-refractivity contribution < 1.29 is 4.79 Å². The van der Waals surface area contributed by atoms with Gasteiger partial charge >= 0.3 is 0 Å². The van der Waals surface area contributed by atoms with Gasteiger partial charge in [0.05, 0.1) is 5.38 Å². The zero-order valence-corrected chi connectivity index (χ0v) is 14.2. The molecule has 1 atom stereocenters. The van der Waals surface area contributed by atoms with E-state index in [1.165, 1.54) is 83.5 Å². The summed E-state index contributed by atoms with van der Waals surface area (Å²) >= 11 is 5.69. The van der Waals surface area contributed by atoms with E-state index in [1.54, 1.807) is 0 Å². The molecule has 0 amide bonds. The molecule has 0 aliphatic rings. The molecule has 119 valence electrons. The van der Waals surface area contributed by atoms with Crippen LogP contribution in [0.5, 0.6) is 0 Å². The average Bonchev–Trinajstić information content (AvgIpc) is 2.47. The van der Waals surface area contributed by atoms with Crippen molar-refractivity contribution in [1.29, 1.82) is 0 Å². The van der Waals surface area contributed by atoms with E-state index in [0.29, 0.717) is 0 Å². The summed E-state index contributed by atoms with van der Waals surface area (Å²) in [6, 6.07) is 0. The Kier molecular flexibility index (Phi) is 17.0. The molecule has 0 saturated carbocycles. The predicted molar refractivity (Wildman–Crippen MR) is 90.3 cm³/mol. The molecule has 0 aliphatic heterocycles. The van der Waals surface area contributed by atoms with E-state index >= 15 is 0 Å². The van der Waals surface area contributed by atoms with Crippen molar-refractivity contribution in [2.45, 2.75) is 109 Å². The van der Waals surface area contributed by atoms with Gasteiger partial charge in [-0.15, -0.1) is 11.6 Å². The van der Waals surface area contributed by atoms with Crippen molar-refractivity contribution in [3.8, 4) is 0 Å². The lowest BCUT2D eigenvalue weighted by Crippen LogP contribution is -1.98. The second kappa shape index (κ2) is 17.0. The smallest absolute Gasteiger partial charge is 0.217 e. The number of hydrogen-bond donors (Lipinski definition) is 0. The van der Waals surface area contributed by atoms with E-state index in [4.69, 9.17) is 11.6 Å². The van der Waals surface area contributed by atoms with Crippen LogP contribution in [0.2, 0.25) is 0 Å². The number of carbonyl (C=O) groups excluding carboxylic acids is 1. The third-order valence-electron chi connectivity index (χ3n) is 3.94. The van der Waals surface area contributed by atoms with E-state index in [1.807, 2.05) is 6.29 Å². The highest BCUT2D eigenvalue weighted by Gasteiger charge is 2.01. The normalized spacial score (nSPS) is 12.5. The predicted octanol–water partition coefficient (Wildman–Crippen LogP) is 6.57. The van der Waals surface area contributed by atoms with Crippen molar-refractivity contribution in [1.82, 2.24) is 0 Å². The van der Waals surface area contributed by atoms with Gasteiger partial charge < -0.3 is 0 Å². The summed E-state index contributed by atoms with van der Waals surface area (Å²) in [6.07, 6.45) is 21.6. The Balaban J connectivity index is 2.97. The van der Waals surface area contributed by atoms with Crippen LogP contribution in [0, 0.1) is 0 Å². The number of rotatable bonds is 16. The minimum atomic E-state index is -0.382. The van der Waals surface area contributed by atoms with Crippen molar-refractivity contribution in [3.05, 3.63) is 0 Å². The van der Waals surface area contributed by atoms with Gasteiger partial charge in [0.1, 0.15) is 0 Å². The summed E-state index contributed by atoms with van der Waals surface area (Å²) < 4.78 is 0. The van der Waals surface area contributed by atoms with E-state index in [2.05, 4.69) is 6.92 Å². The van der Waals surface area contributed by atoms with Gasteiger partial charge in [0.25, 0.3) is 0 Å². The minimum Gasteiger partial charge on any atom is -0.289 e. The van der Waals surface area contributed by atoms with Gasteiger partial charge in [-0.2, -0.15) is 0 Å². The van der Waals surface area contributed by atoms with Crippen LogP contribution in [0.25, 0.3) is 0 Å². The Morgan fingerprint density at radius 2 is 1.05 bits per heavy atom. The van der Waals surface area contributed by atoms with Crippen LogP contribution in [-0.4, -0.2) is 11.7 Å². The van der Waals surface area contributed by atoms with Crippen LogP contribution >= 0.6 is 11.6 Å². The van der Waals surface area contributed by atoms with Crippen LogP contribution in [-0.2, 0) is 4.79 Å². The summed E-state index contributed by atoms with van der Waals surface area (Å²) in [5.41, 5.74) is 0. The average molecular weight is 302 g/mol. The molecule has 0 bridgehead atoms. The fourth-order valence-corrected chi connectivity index (χ4v) is 2.73. The first kappa shape index (κ1) is 20.0. The van der Waals surface area contributed by atoms with Gasteiger partial charge in [0.15, 0.2) is 0 Å². The van der Waals surface area contributed by atoms with Crippen molar-refractivity contribution in [2.24, 2.45) is 0 Å². The highest BCUT2D eigenvalue weighted by Crippen LogP contribution is 2.14. The van der Waals surface area contributed by atoms with Crippen LogP contribution < -0.4 is 0 Å². The summed E-state index contributed by atoms with van der Waals surface area (Å²) in [5.74, 6) is 0. The molecule has 0 aromatic heterocycles. The van der Waals surface area contributed by atoms with Crippen molar-refractivity contribution in [2.75, 3.05) is 0 Å². The lowest BCUT2D eigenvalue weighted by atomic mass is 10.0. The van der Waals surface area contributed by atoms with E-state index in [-0.39, 0.29) is 5.38 Å². The standard InChI is InChI=1S/C18H34ClO/c1-2-3-4-5-6-7-8-9-10-11-12-13-14-15-16-18(19)17-20/h18H,2-16H2,1H3. The first-order valence-corrected chi connectivity index (χ1v) is 9.26. The molecule has 1 radical (unpaired) electrons. The van der Waals surface area contributed by atoms with Gasteiger partial charge in [0, 0.05) is 0 Å². The first-order chi connectivity index (χ1) is 9.81. The molecule has 1 nitrogen and oxygen atoms in total. The van der Waals surface area contributed by atoms with E-state index < -0.39 is 0 Å². The molecular weight excluding hydrogens is 268 g/mol. The summed E-state index contributed by atoms with van der Waals surface area (Å²) in [6.45, 7) is 2.27. The third kappa shape index (κ3) is 16.0. The summed E-state index contributed by atoms with van der Waals surface area (Å²) in [7, 11) is 0. The summed E-state index contributed by atoms with van der Waals surface area (Å²) in [4.78, 5) is 10.2. The fourth-order valence-electron chi connectivity index (χ4n) is 2.58. The van der Waals surface area contributed by atoms with Crippen molar-refractivity contribution in [3.63, 3.8) is 0 Å².